The Morgan fingerprint density at radius 3 is 2.23 bits per heavy atom. The first-order chi connectivity index (χ1) is 10.9. The molecule has 0 atom stereocenters. The summed E-state index contributed by atoms with van der Waals surface area (Å²) in [6, 6.07) is 16.2. The van der Waals surface area contributed by atoms with Gasteiger partial charge in [0.2, 0.25) is 5.95 Å². The Kier molecular flexibility index (Phi) is 3.23. The maximum atomic E-state index is 4.59. The van der Waals surface area contributed by atoms with Gasteiger partial charge in [0.05, 0.1) is 22.1 Å². The van der Waals surface area contributed by atoms with Crippen molar-refractivity contribution in [3.05, 3.63) is 54.4 Å². The van der Waals surface area contributed by atoms with Crippen LogP contribution in [0, 0.1) is 0 Å². The smallest absolute Gasteiger partial charge is 0.201 e. The number of hydrogen-bond donors (Lipinski definition) is 3. The summed E-state index contributed by atoms with van der Waals surface area (Å²) in [7, 11) is 0. The minimum atomic E-state index is 0.825. The van der Waals surface area contributed by atoms with Crippen molar-refractivity contribution in [3.63, 3.8) is 0 Å². The van der Waals surface area contributed by atoms with E-state index in [0.717, 1.165) is 53.2 Å². The molecule has 0 saturated carbocycles. The van der Waals surface area contributed by atoms with Crippen LogP contribution in [0.25, 0.3) is 22.1 Å². The summed E-state index contributed by atoms with van der Waals surface area (Å²) >= 11 is 0. The van der Waals surface area contributed by atoms with Crippen LogP contribution in [0.2, 0.25) is 0 Å². The van der Waals surface area contributed by atoms with E-state index in [1.807, 2.05) is 42.5 Å². The number of nitrogens with one attached hydrogen (secondary N) is 3. The number of aromatic nitrogens is 4. The molecule has 0 fully saturated rings. The number of aryl methyl sites for hydroxylation is 1. The van der Waals surface area contributed by atoms with E-state index in [9.17, 15) is 0 Å². The average molecular weight is 291 g/mol. The molecule has 2 aromatic carbocycles. The molecule has 2 heterocycles. The number of benzene rings is 2. The van der Waals surface area contributed by atoms with Gasteiger partial charge in [-0.25, -0.2) is 9.97 Å². The maximum absolute atomic E-state index is 4.59. The number of imidazole rings is 2. The zero-order valence-corrected chi connectivity index (χ0v) is 12.1. The first-order valence-corrected chi connectivity index (χ1v) is 7.51. The van der Waals surface area contributed by atoms with E-state index in [-0.39, 0.29) is 0 Å². The van der Waals surface area contributed by atoms with Gasteiger partial charge in [0.1, 0.15) is 5.82 Å². The van der Waals surface area contributed by atoms with Crippen LogP contribution in [0.4, 0.5) is 5.95 Å². The third-order valence-corrected chi connectivity index (χ3v) is 3.71. The Morgan fingerprint density at radius 1 is 0.818 bits per heavy atom. The predicted molar refractivity (Wildman–Crippen MR) is 89.0 cm³/mol. The van der Waals surface area contributed by atoms with Gasteiger partial charge in [-0.2, -0.15) is 0 Å². The zero-order chi connectivity index (χ0) is 14.8. The number of nitrogens with zero attached hydrogens (tertiary/aromatic N) is 2. The van der Waals surface area contributed by atoms with Crippen molar-refractivity contribution in [2.75, 3.05) is 11.9 Å². The van der Waals surface area contributed by atoms with Gasteiger partial charge >= 0.3 is 0 Å². The Bertz CT molecular complexity index is 763. The highest BCUT2D eigenvalue weighted by Gasteiger charge is 2.03. The van der Waals surface area contributed by atoms with E-state index in [1.54, 1.807) is 0 Å². The zero-order valence-electron chi connectivity index (χ0n) is 12.1. The quantitative estimate of drug-likeness (QED) is 0.493. The molecule has 0 radical (unpaired) electrons. The van der Waals surface area contributed by atoms with Crippen molar-refractivity contribution in [2.24, 2.45) is 0 Å². The molecule has 0 unspecified atom stereocenters. The SMILES string of the molecule is c1ccc2[nH]c(CCCNc3nc4ccccc4[nH]3)nc2c1. The van der Waals surface area contributed by atoms with Gasteiger partial charge in [0.25, 0.3) is 0 Å². The van der Waals surface area contributed by atoms with Crippen molar-refractivity contribution in [2.45, 2.75) is 12.8 Å². The number of anilines is 1. The first kappa shape index (κ1) is 12.9. The average Bonchev–Trinajstić information content (AvgIpc) is 3.14. The van der Waals surface area contributed by atoms with Crippen molar-refractivity contribution in [1.29, 1.82) is 0 Å². The number of rotatable bonds is 5. The highest BCUT2D eigenvalue weighted by atomic mass is 15.1. The Labute approximate surface area is 127 Å². The Morgan fingerprint density at radius 2 is 1.50 bits per heavy atom. The van der Waals surface area contributed by atoms with Gasteiger partial charge < -0.3 is 15.3 Å². The summed E-state index contributed by atoms with van der Waals surface area (Å²) < 4.78 is 0. The lowest BCUT2D eigenvalue weighted by molar-refractivity contribution is 0.815. The largest absolute Gasteiger partial charge is 0.356 e. The second-order valence-electron chi connectivity index (χ2n) is 5.33. The lowest BCUT2D eigenvalue weighted by Crippen LogP contribution is -2.04. The van der Waals surface area contributed by atoms with E-state index >= 15 is 0 Å². The summed E-state index contributed by atoms with van der Waals surface area (Å²) in [6.45, 7) is 0.858. The van der Waals surface area contributed by atoms with E-state index in [4.69, 9.17) is 0 Å². The van der Waals surface area contributed by atoms with Crippen LogP contribution >= 0.6 is 0 Å². The van der Waals surface area contributed by atoms with E-state index < -0.39 is 0 Å². The number of aromatic amines is 2. The Balaban J connectivity index is 1.35. The fraction of sp³-hybridized carbons (Fsp3) is 0.176. The van der Waals surface area contributed by atoms with Crippen molar-refractivity contribution in [3.8, 4) is 0 Å². The Hall–Kier alpha value is -2.82. The second kappa shape index (κ2) is 5.52. The van der Waals surface area contributed by atoms with Crippen LogP contribution < -0.4 is 5.32 Å². The van der Waals surface area contributed by atoms with Crippen LogP contribution in [-0.4, -0.2) is 26.5 Å². The molecule has 5 nitrogen and oxygen atoms in total. The van der Waals surface area contributed by atoms with Gasteiger partial charge in [-0.15, -0.1) is 0 Å². The minimum Gasteiger partial charge on any atom is -0.356 e. The fourth-order valence-electron chi connectivity index (χ4n) is 2.62. The lowest BCUT2D eigenvalue weighted by Gasteiger charge is -2.01. The van der Waals surface area contributed by atoms with E-state index in [2.05, 4.69) is 31.3 Å². The highest BCUT2D eigenvalue weighted by Crippen LogP contribution is 2.14. The lowest BCUT2D eigenvalue weighted by atomic mass is 10.3. The maximum Gasteiger partial charge on any atom is 0.201 e. The molecule has 0 saturated heterocycles. The summed E-state index contributed by atoms with van der Waals surface area (Å²) in [6.07, 6.45) is 1.92. The molecule has 4 aromatic rings. The molecule has 22 heavy (non-hydrogen) atoms. The molecule has 5 heteroatoms. The van der Waals surface area contributed by atoms with Crippen molar-refractivity contribution < 1.29 is 0 Å². The summed E-state index contributed by atoms with van der Waals surface area (Å²) in [5.74, 6) is 1.86. The molecule has 0 aliphatic heterocycles. The van der Waals surface area contributed by atoms with E-state index in [1.165, 1.54) is 0 Å². The number of para-hydroxylation sites is 4. The first-order valence-electron chi connectivity index (χ1n) is 7.51. The van der Waals surface area contributed by atoms with E-state index in [0.29, 0.717) is 0 Å². The molecule has 4 rings (SSSR count). The molecule has 2 aromatic heterocycles. The third kappa shape index (κ3) is 2.53. The molecular formula is C17H17N5. The molecule has 0 bridgehead atoms. The minimum absolute atomic E-state index is 0.825. The van der Waals surface area contributed by atoms with Gasteiger partial charge in [-0.1, -0.05) is 24.3 Å². The molecule has 0 aliphatic rings. The monoisotopic (exact) mass is 291 g/mol. The predicted octanol–water partition coefficient (Wildman–Crippen LogP) is 3.48. The standard InChI is InChI=1S/C17H17N5/c1-2-7-13-12(6-1)19-16(20-13)10-5-11-18-17-21-14-8-3-4-9-15(14)22-17/h1-4,6-9H,5,10-11H2,(H,19,20)(H2,18,21,22). The fourth-order valence-corrected chi connectivity index (χ4v) is 2.62. The summed E-state index contributed by atoms with van der Waals surface area (Å²) in [4.78, 5) is 15.7. The molecule has 0 amide bonds. The molecule has 110 valence electrons. The van der Waals surface area contributed by atoms with Gasteiger partial charge in [0, 0.05) is 13.0 Å². The second-order valence-corrected chi connectivity index (χ2v) is 5.33. The normalized spacial score (nSPS) is 11.3. The number of hydrogen-bond acceptors (Lipinski definition) is 3. The molecule has 0 aliphatic carbocycles. The van der Waals surface area contributed by atoms with Crippen molar-refractivity contribution >= 4 is 28.0 Å². The number of fused-ring (bicyclic) bond motifs is 2. The third-order valence-electron chi connectivity index (χ3n) is 3.71. The van der Waals surface area contributed by atoms with Gasteiger partial charge in [-0.05, 0) is 30.7 Å². The molecule has 3 N–H and O–H groups in total. The van der Waals surface area contributed by atoms with Crippen LogP contribution in [0.15, 0.2) is 48.5 Å². The molecular weight excluding hydrogens is 274 g/mol. The van der Waals surface area contributed by atoms with Crippen LogP contribution in [0.1, 0.15) is 12.2 Å². The molecule has 0 spiro atoms. The van der Waals surface area contributed by atoms with Crippen molar-refractivity contribution in [1.82, 2.24) is 19.9 Å². The van der Waals surface area contributed by atoms with Gasteiger partial charge in [-0.3, -0.25) is 0 Å². The highest BCUT2D eigenvalue weighted by molar-refractivity contribution is 5.77. The van der Waals surface area contributed by atoms with Crippen LogP contribution in [0.5, 0.6) is 0 Å². The van der Waals surface area contributed by atoms with Gasteiger partial charge in [0.15, 0.2) is 0 Å². The van der Waals surface area contributed by atoms with Crippen LogP contribution in [-0.2, 0) is 6.42 Å². The number of H-pyrrole nitrogens is 2. The summed E-state index contributed by atoms with van der Waals surface area (Å²) in [5.41, 5.74) is 4.18. The topological polar surface area (TPSA) is 69.4 Å². The van der Waals surface area contributed by atoms with Crippen LogP contribution in [0.3, 0.4) is 0 Å². The summed E-state index contributed by atoms with van der Waals surface area (Å²) in [5, 5.41) is 3.33.